The van der Waals surface area contributed by atoms with Crippen molar-refractivity contribution in [2.45, 2.75) is 24.7 Å². The molecule has 0 unspecified atom stereocenters. The Morgan fingerprint density at radius 1 is 1.38 bits per heavy atom. The van der Waals surface area contributed by atoms with Crippen molar-refractivity contribution in [2.75, 3.05) is 0 Å². The average Bonchev–Trinajstić information content (AvgIpc) is 2.58. The van der Waals surface area contributed by atoms with Crippen LogP contribution in [-0.4, -0.2) is 13.4 Å². The lowest BCUT2D eigenvalue weighted by atomic mass is 10.2. The molecule has 4 nitrogen and oxygen atoms in total. The molecule has 0 saturated carbocycles. The van der Waals surface area contributed by atoms with Crippen molar-refractivity contribution in [3.8, 4) is 0 Å². The molecule has 2 aromatic rings. The highest BCUT2D eigenvalue weighted by atomic mass is 35.7. The van der Waals surface area contributed by atoms with E-state index in [1.54, 1.807) is 12.1 Å². The van der Waals surface area contributed by atoms with Crippen LogP contribution in [0.1, 0.15) is 25.7 Å². The summed E-state index contributed by atoms with van der Waals surface area (Å²) in [5, 5.41) is 0. The molecule has 0 fully saturated rings. The van der Waals surface area contributed by atoms with Crippen molar-refractivity contribution >= 4 is 30.8 Å². The summed E-state index contributed by atoms with van der Waals surface area (Å²) in [7, 11) is 1.52. The zero-order chi connectivity index (χ0) is 11.9. The predicted molar refractivity (Wildman–Crippen MR) is 61.1 cm³/mol. The van der Waals surface area contributed by atoms with Gasteiger partial charge in [0.1, 0.15) is 10.4 Å². The molecule has 0 aliphatic carbocycles. The smallest absolute Gasteiger partial charge is 0.263 e. The Hall–Kier alpha value is -1.07. The van der Waals surface area contributed by atoms with Gasteiger partial charge in [0.2, 0.25) is 0 Å². The van der Waals surface area contributed by atoms with Gasteiger partial charge in [-0.3, -0.25) is 0 Å². The maximum absolute atomic E-state index is 11.3. The molecule has 0 aliphatic rings. The van der Waals surface area contributed by atoms with Crippen LogP contribution in [0.3, 0.4) is 0 Å². The van der Waals surface area contributed by atoms with E-state index in [9.17, 15) is 8.42 Å². The zero-order valence-corrected chi connectivity index (χ0v) is 10.3. The van der Waals surface area contributed by atoms with Crippen molar-refractivity contribution in [3.63, 3.8) is 0 Å². The Kier molecular flexibility index (Phi) is 2.67. The fraction of sp³-hybridized carbons (Fsp3) is 0.300. The largest absolute Gasteiger partial charge is 0.440 e. The van der Waals surface area contributed by atoms with Gasteiger partial charge < -0.3 is 4.42 Å². The molecule has 0 bridgehead atoms. The standard InChI is InChI=1S/C10H10ClNO3S/c1-6(2)10-12-9-7(15-10)4-3-5-8(9)16(11,13)14/h3-6H,1-2H3. The molecule has 0 amide bonds. The van der Waals surface area contributed by atoms with E-state index in [0.29, 0.717) is 17.0 Å². The second-order valence-corrected chi connectivity index (χ2v) is 6.28. The number of benzene rings is 1. The molecule has 6 heteroatoms. The van der Waals surface area contributed by atoms with Crippen LogP contribution in [0.15, 0.2) is 27.5 Å². The molecule has 86 valence electrons. The summed E-state index contributed by atoms with van der Waals surface area (Å²) in [5.41, 5.74) is 0.728. The third kappa shape index (κ3) is 1.92. The van der Waals surface area contributed by atoms with Crippen LogP contribution < -0.4 is 0 Å². The van der Waals surface area contributed by atoms with Gasteiger partial charge in [0.25, 0.3) is 9.05 Å². The van der Waals surface area contributed by atoms with Gasteiger partial charge in [0.05, 0.1) is 0 Å². The Bertz CT molecular complexity index is 631. The molecule has 2 rings (SSSR count). The summed E-state index contributed by atoms with van der Waals surface area (Å²) in [6.45, 7) is 3.83. The van der Waals surface area contributed by atoms with Crippen LogP contribution in [0, 0.1) is 0 Å². The first-order valence-corrected chi connectivity index (χ1v) is 7.04. The molecule has 1 aromatic heterocycles. The molecule has 0 saturated heterocycles. The van der Waals surface area contributed by atoms with Crippen LogP contribution in [0.2, 0.25) is 0 Å². The summed E-state index contributed by atoms with van der Waals surface area (Å²) in [6.07, 6.45) is 0. The molecule has 1 heterocycles. The first-order chi connectivity index (χ1) is 7.39. The second kappa shape index (κ2) is 3.75. The maximum Gasteiger partial charge on any atom is 0.263 e. The highest BCUT2D eigenvalue weighted by molar-refractivity contribution is 8.14. The van der Waals surface area contributed by atoms with Crippen molar-refractivity contribution < 1.29 is 12.8 Å². The van der Waals surface area contributed by atoms with Gasteiger partial charge >= 0.3 is 0 Å². The number of oxazole rings is 1. The van der Waals surface area contributed by atoms with Gasteiger partial charge in [-0.1, -0.05) is 19.9 Å². The summed E-state index contributed by atoms with van der Waals surface area (Å²) >= 11 is 0. The SMILES string of the molecule is CC(C)c1nc2c(S(=O)(=O)Cl)cccc2o1. The fourth-order valence-corrected chi connectivity index (χ4v) is 2.38. The molecule has 0 N–H and O–H groups in total. The van der Waals surface area contributed by atoms with Gasteiger partial charge in [-0.25, -0.2) is 13.4 Å². The van der Waals surface area contributed by atoms with E-state index in [0.717, 1.165) is 0 Å². The number of hydrogen-bond donors (Lipinski definition) is 0. The highest BCUT2D eigenvalue weighted by Gasteiger charge is 2.19. The van der Waals surface area contributed by atoms with E-state index >= 15 is 0 Å². The lowest BCUT2D eigenvalue weighted by Crippen LogP contribution is -1.92. The number of nitrogens with zero attached hydrogens (tertiary/aromatic N) is 1. The monoisotopic (exact) mass is 259 g/mol. The topological polar surface area (TPSA) is 60.2 Å². The Morgan fingerprint density at radius 3 is 2.62 bits per heavy atom. The third-order valence-electron chi connectivity index (χ3n) is 2.16. The van der Waals surface area contributed by atoms with Crippen LogP contribution in [0.4, 0.5) is 0 Å². The van der Waals surface area contributed by atoms with E-state index in [1.165, 1.54) is 6.07 Å². The molecular formula is C10H10ClNO3S. The summed E-state index contributed by atoms with van der Waals surface area (Å²) in [5.74, 6) is 0.598. The molecule has 1 aromatic carbocycles. The van der Waals surface area contributed by atoms with Crippen molar-refractivity contribution in [1.29, 1.82) is 0 Å². The van der Waals surface area contributed by atoms with Gasteiger partial charge in [-0.2, -0.15) is 0 Å². The highest BCUT2D eigenvalue weighted by Crippen LogP contribution is 2.28. The molecule has 0 radical (unpaired) electrons. The van der Waals surface area contributed by atoms with Crippen molar-refractivity contribution in [3.05, 3.63) is 24.1 Å². The van der Waals surface area contributed by atoms with Gasteiger partial charge in [-0.05, 0) is 12.1 Å². The van der Waals surface area contributed by atoms with Crippen LogP contribution in [0.25, 0.3) is 11.1 Å². The minimum atomic E-state index is -3.79. The van der Waals surface area contributed by atoms with E-state index in [4.69, 9.17) is 15.1 Å². The molecule has 16 heavy (non-hydrogen) atoms. The minimum Gasteiger partial charge on any atom is -0.440 e. The quantitative estimate of drug-likeness (QED) is 0.778. The lowest BCUT2D eigenvalue weighted by molar-refractivity contribution is 0.501. The number of halogens is 1. The third-order valence-corrected chi connectivity index (χ3v) is 3.51. The normalized spacial score (nSPS) is 12.5. The summed E-state index contributed by atoms with van der Waals surface area (Å²) in [6, 6.07) is 4.66. The van der Waals surface area contributed by atoms with Gasteiger partial charge in [0, 0.05) is 16.6 Å². The molecule has 0 aliphatic heterocycles. The van der Waals surface area contributed by atoms with Crippen molar-refractivity contribution in [2.24, 2.45) is 0 Å². The van der Waals surface area contributed by atoms with Gasteiger partial charge in [-0.15, -0.1) is 0 Å². The minimum absolute atomic E-state index is 0.0117. The van der Waals surface area contributed by atoms with E-state index in [2.05, 4.69) is 4.98 Å². The summed E-state index contributed by atoms with van der Waals surface area (Å²) in [4.78, 5) is 4.14. The van der Waals surface area contributed by atoms with E-state index < -0.39 is 9.05 Å². The Morgan fingerprint density at radius 2 is 2.06 bits per heavy atom. The molecule has 0 spiro atoms. The first-order valence-electron chi connectivity index (χ1n) is 4.73. The zero-order valence-electron chi connectivity index (χ0n) is 8.77. The fourth-order valence-electron chi connectivity index (χ4n) is 1.38. The summed E-state index contributed by atoms with van der Waals surface area (Å²) < 4.78 is 28.1. The lowest BCUT2D eigenvalue weighted by Gasteiger charge is -1.94. The average molecular weight is 260 g/mol. The number of aromatic nitrogens is 1. The Balaban J connectivity index is 2.78. The Labute approximate surface area is 97.7 Å². The maximum atomic E-state index is 11.3. The van der Waals surface area contributed by atoms with Crippen molar-refractivity contribution in [1.82, 2.24) is 4.98 Å². The number of rotatable bonds is 2. The first kappa shape index (κ1) is 11.4. The number of fused-ring (bicyclic) bond motifs is 1. The number of para-hydroxylation sites is 1. The number of hydrogen-bond acceptors (Lipinski definition) is 4. The van der Waals surface area contributed by atoms with Crippen LogP contribution >= 0.6 is 10.7 Å². The van der Waals surface area contributed by atoms with Gasteiger partial charge in [0.15, 0.2) is 11.5 Å². The van der Waals surface area contributed by atoms with E-state index in [1.807, 2.05) is 13.8 Å². The molecular weight excluding hydrogens is 250 g/mol. The predicted octanol–water partition coefficient (Wildman–Crippen LogP) is 2.88. The van der Waals surface area contributed by atoms with E-state index in [-0.39, 0.29) is 10.8 Å². The second-order valence-electron chi connectivity index (χ2n) is 3.75. The van der Waals surface area contributed by atoms with Crippen LogP contribution in [-0.2, 0) is 9.05 Å². The van der Waals surface area contributed by atoms with Crippen LogP contribution in [0.5, 0.6) is 0 Å². The molecule has 0 atom stereocenters.